The Hall–Kier alpha value is -0.950. The number of sulfonamides is 1. The normalized spacial score (nSPS) is 21.0. The largest absolute Gasteiger partial charge is 0.381 e. The summed E-state index contributed by atoms with van der Waals surface area (Å²) in [5, 5.41) is 0. The fourth-order valence-electron chi connectivity index (χ4n) is 2.26. The highest BCUT2D eigenvalue weighted by Crippen LogP contribution is 2.18. The Labute approximate surface area is 120 Å². The number of benzene rings is 1. The molecular weight excluding hydrogens is 276 g/mol. The van der Waals surface area contributed by atoms with Gasteiger partial charge in [0.2, 0.25) is 10.0 Å². The van der Waals surface area contributed by atoms with Crippen molar-refractivity contribution < 1.29 is 13.2 Å². The Balaban J connectivity index is 1.96. The number of nitrogens with two attached hydrogens (primary N) is 1. The van der Waals surface area contributed by atoms with Gasteiger partial charge in [-0.25, -0.2) is 13.1 Å². The van der Waals surface area contributed by atoms with Gasteiger partial charge in [-0.05, 0) is 43.4 Å². The standard InChI is InChI=1S/C14H22N2O3S/c1-11(15)13-3-2-4-14(9-13)20(17,18)16-7-5-12-6-8-19-10-12/h2-4,9,11-12,16H,5-8,10,15H2,1H3. The van der Waals surface area contributed by atoms with Crippen molar-refractivity contribution in [2.75, 3.05) is 19.8 Å². The molecule has 1 heterocycles. The van der Waals surface area contributed by atoms with Crippen molar-refractivity contribution in [3.63, 3.8) is 0 Å². The van der Waals surface area contributed by atoms with Crippen LogP contribution in [-0.4, -0.2) is 28.2 Å². The lowest BCUT2D eigenvalue weighted by Crippen LogP contribution is -2.26. The predicted molar refractivity (Wildman–Crippen MR) is 77.8 cm³/mol. The average Bonchev–Trinajstić information content (AvgIpc) is 2.92. The number of nitrogens with one attached hydrogen (secondary N) is 1. The molecule has 1 fully saturated rings. The van der Waals surface area contributed by atoms with Crippen molar-refractivity contribution in [2.45, 2.75) is 30.7 Å². The minimum Gasteiger partial charge on any atom is -0.381 e. The molecule has 20 heavy (non-hydrogen) atoms. The van der Waals surface area contributed by atoms with Gasteiger partial charge in [-0.3, -0.25) is 0 Å². The van der Waals surface area contributed by atoms with Gasteiger partial charge in [0.15, 0.2) is 0 Å². The van der Waals surface area contributed by atoms with E-state index in [1.54, 1.807) is 18.2 Å². The lowest BCUT2D eigenvalue weighted by atomic mass is 10.1. The average molecular weight is 298 g/mol. The van der Waals surface area contributed by atoms with Crippen molar-refractivity contribution in [3.8, 4) is 0 Å². The molecule has 5 nitrogen and oxygen atoms in total. The van der Waals surface area contributed by atoms with Gasteiger partial charge >= 0.3 is 0 Å². The summed E-state index contributed by atoms with van der Waals surface area (Å²) >= 11 is 0. The second-order valence-electron chi connectivity index (χ2n) is 5.28. The molecule has 0 amide bonds. The molecule has 0 aliphatic carbocycles. The molecule has 0 radical (unpaired) electrons. The molecule has 0 bridgehead atoms. The molecular formula is C14H22N2O3S. The molecule has 1 aliphatic heterocycles. The summed E-state index contributed by atoms with van der Waals surface area (Å²) in [6, 6.07) is 6.59. The third-order valence-electron chi connectivity index (χ3n) is 3.56. The van der Waals surface area contributed by atoms with Crippen LogP contribution in [0.25, 0.3) is 0 Å². The molecule has 6 heteroatoms. The SMILES string of the molecule is CC(N)c1cccc(S(=O)(=O)NCCC2CCOC2)c1. The van der Waals surface area contributed by atoms with Crippen LogP contribution in [0.4, 0.5) is 0 Å². The Morgan fingerprint density at radius 1 is 1.50 bits per heavy atom. The fraction of sp³-hybridized carbons (Fsp3) is 0.571. The van der Waals surface area contributed by atoms with Crippen LogP contribution in [0.2, 0.25) is 0 Å². The summed E-state index contributed by atoms with van der Waals surface area (Å²) in [6.07, 6.45) is 1.83. The van der Waals surface area contributed by atoms with Gasteiger partial charge in [-0.2, -0.15) is 0 Å². The Kier molecular flexibility index (Phi) is 5.15. The molecule has 2 unspecified atom stereocenters. The van der Waals surface area contributed by atoms with Crippen LogP contribution in [0.1, 0.15) is 31.4 Å². The summed E-state index contributed by atoms with van der Waals surface area (Å²) < 4.78 is 32.3. The van der Waals surface area contributed by atoms with Gasteiger partial charge in [-0.1, -0.05) is 12.1 Å². The monoisotopic (exact) mass is 298 g/mol. The third-order valence-corrected chi connectivity index (χ3v) is 5.02. The summed E-state index contributed by atoms with van der Waals surface area (Å²) in [7, 11) is -3.45. The molecule has 2 atom stereocenters. The van der Waals surface area contributed by atoms with Crippen LogP contribution in [0.3, 0.4) is 0 Å². The van der Waals surface area contributed by atoms with E-state index in [1.165, 1.54) is 0 Å². The van der Waals surface area contributed by atoms with E-state index in [4.69, 9.17) is 10.5 Å². The van der Waals surface area contributed by atoms with Crippen molar-refractivity contribution in [1.82, 2.24) is 4.72 Å². The Morgan fingerprint density at radius 2 is 2.30 bits per heavy atom. The molecule has 1 saturated heterocycles. The van der Waals surface area contributed by atoms with E-state index in [1.807, 2.05) is 13.0 Å². The van der Waals surface area contributed by atoms with Crippen molar-refractivity contribution in [3.05, 3.63) is 29.8 Å². The molecule has 1 aliphatic rings. The molecule has 2 rings (SSSR count). The third kappa shape index (κ3) is 4.02. The van der Waals surface area contributed by atoms with Crippen LogP contribution in [0.5, 0.6) is 0 Å². The van der Waals surface area contributed by atoms with E-state index in [-0.39, 0.29) is 10.9 Å². The number of ether oxygens (including phenoxy) is 1. The van der Waals surface area contributed by atoms with Crippen molar-refractivity contribution in [1.29, 1.82) is 0 Å². The lowest BCUT2D eigenvalue weighted by molar-refractivity contribution is 0.184. The van der Waals surface area contributed by atoms with Crippen molar-refractivity contribution >= 4 is 10.0 Å². The van der Waals surface area contributed by atoms with E-state index in [9.17, 15) is 8.42 Å². The molecule has 3 N–H and O–H groups in total. The van der Waals surface area contributed by atoms with E-state index >= 15 is 0 Å². The van der Waals surface area contributed by atoms with Gasteiger partial charge in [0, 0.05) is 25.8 Å². The smallest absolute Gasteiger partial charge is 0.240 e. The number of rotatable bonds is 6. The van der Waals surface area contributed by atoms with Gasteiger partial charge in [0.25, 0.3) is 0 Å². The first-order valence-electron chi connectivity index (χ1n) is 6.92. The lowest BCUT2D eigenvalue weighted by Gasteiger charge is -2.11. The zero-order valence-electron chi connectivity index (χ0n) is 11.7. The molecule has 1 aromatic carbocycles. The minimum atomic E-state index is -3.45. The summed E-state index contributed by atoms with van der Waals surface area (Å²) in [5.74, 6) is 0.466. The molecule has 0 spiro atoms. The summed E-state index contributed by atoms with van der Waals surface area (Å²) in [6.45, 7) is 3.80. The molecule has 112 valence electrons. The van der Waals surface area contributed by atoms with E-state index in [0.29, 0.717) is 12.5 Å². The van der Waals surface area contributed by atoms with E-state index in [0.717, 1.165) is 31.6 Å². The van der Waals surface area contributed by atoms with Crippen LogP contribution < -0.4 is 10.5 Å². The quantitative estimate of drug-likeness (QED) is 0.832. The van der Waals surface area contributed by atoms with E-state index in [2.05, 4.69) is 4.72 Å². The predicted octanol–water partition coefficient (Wildman–Crippen LogP) is 1.41. The van der Waals surface area contributed by atoms with Gasteiger partial charge < -0.3 is 10.5 Å². The van der Waals surface area contributed by atoms with Crippen LogP contribution >= 0.6 is 0 Å². The topological polar surface area (TPSA) is 81.4 Å². The first kappa shape index (κ1) is 15.4. The first-order valence-corrected chi connectivity index (χ1v) is 8.40. The summed E-state index contributed by atoms with van der Waals surface area (Å²) in [4.78, 5) is 0.273. The van der Waals surface area contributed by atoms with E-state index < -0.39 is 10.0 Å². The highest BCUT2D eigenvalue weighted by Gasteiger charge is 2.18. The maximum Gasteiger partial charge on any atom is 0.240 e. The van der Waals surface area contributed by atoms with Crippen molar-refractivity contribution in [2.24, 2.45) is 11.7 Å². The Bertz CT molecular complexity index is 537. The Morgan fingerprint density at radius 3 is 2.95 bits per heavy atom. The number of hydrogen-bond acceptors (Lipinski definition) is 4. The maximum absolute atomic E-state index is 12.2. The number of hydrogen-bond donors (Lipinski definition) is 2. The molecule has 1 aromatic rings. The second-order valence-corrected chi connectivity index (χ2v) is 7.04. The van der Waals surface area contributed by atoms with Crippen LogP contribution in [0.15, 0.2) is 29.2 Å². The minimum absolute atomic E-state index is 0.180. The van der Waals surface area contributed by atoms with Crippen LogP contribution in [-0.2, 0) is 14.8 Å². The van der Waals surface area contributed by atoms with Gasteiger partial charge in [0.05, 0.1) is 4.90 Å². The second kappa shape index (κ2) is 6.67. The van der Waals surface area contributed by atoms with Crippen LogP contribution in [0, 0.1) is 5.92 Å². The zero-order valence-corrected chi connectivity index (χ0v) is 12.5. The maximum atomic E-state index is 12.2. The highest BCUT2D eigenvalue weighted by molar-refractivity contribution is 7.89. The van der Waals surface area contributed by atoms with Gasteiger partial charge in [0.1, 0.15) is 0 Å². The van der Waals surface area contributed by atoms with Gasteiger partial charge in [-0.15, -0.1) is 0 Å². The highest BCUT2D eigenvalue weighted by atomic mass is 32.2. The fourth-order valence-corrected chi connectivity index (χ4v) is 3.36. The summed E-state index contributed by atoms with van der Waals surface area (Å²) in [5.41, 5.74) is 6.60. The first-order chi connectivity index (χ1) is 9.49. The molecule has 0 aromatic heterocycles. The molecule has 0 saturated carbocycles. The zero-order chi connectivity index (χ0) is 14.6.